The summed E-state index contributed by atoms with van der Waals surface area (Å²) in [5.41, 5.74) is 2.98. The lowest BCUT2D eigenvalue weighted by Gasteiger charge is -2.22. The van der Waals surface area contributed by atoms with E-state index in [1.54, 1.807) is 30.5 Å². The van der Waals surface area contributed by atoms with Gasteiger partial charge in [0.15, 0.2) is 0 Å². The van der Waals surface area contributed by atoms with Crippen LogP contribution in [0.4, 0.5) is 8.78 Å². The highest BCUT2D eigenvalue weighted by Crippen LogP contribution is 2.32. The van der Waals surface area contributed by atoms with Crippen LogP contribution in [-0.4, -0.2) is 45.9 Å². The molecule has 1 aromatic heterocycles. The molecule has 1 aliphatic heterocycles. The third-order valence-corrected chi connectivity index (χ3v) is 8.73. The molecular weight excluding hydrogens is 556 g/mol. The molecule has 1 aliphatic rings. The Kier molecular flexibility index (Phi) is 9.39. The van der Waals surface area contributed by atoms with Gasteiger partial charge in [-0.05, 0) is 48.9 Å². The normalized spacial score (nSPS) is 17.0. The molecule has 3 aromatic carbocycles. The number of carbonyl (C=O) groups excluding carboxylic acids is 2. The van der Waals surface area contributed by atoms with Crippen LogP contribution in [0.3, 0.4) is 0 Å². The van der Waals surface area contributed by atoms with Gasteiger partial charge in [0.1, 0.15) is 5.69 Å². The molecule has 0 aliphatic carbocycles. The number of nitrogens with one attached hydrogen (secondary N) is 1. The maximum atomic E-state index is 13.6. The van der Waals surface area contributed by atoms with Gasteiger partial charge >= 0.3 is 0 Å². The number of thiazole rings is 1. The van der Waals surface area contributed by atoms with Crippen LogP contribution in [0.1, 0.15) is 81.6 Å². The van der Waals surface area contributed by atoms with Crippen molar-refractivity contribution in [3.8, 4) is 11.1 Å². The molecule has 3 atom stereocenters. The van der Waals surface area contributed by atoms with Crippen molar-refractivity contribution in [3.05, 3.63) is 112 Å². The Morgan fingerprint density at radius 3 is 2.40 bits per heavy atom. The number of rotatable bonds is 8. The molecule has 2 N–H and O–H groups in total. The van der Waals surface area contributed by atoms with Crippen LogP contribution in [0.15, 0.2) is 84.2 Å². The molecule has 0 spiro atoms. The molecular formula is C33H33F2N3O3S. The maximum absolute atomic E-state index is 13.6. The number of aliphatic hydroxyl groups is 1. The second-order valence-electron chi connectivity index (χ2n) is 10.6. The van der Waals surface area contributed by atoms with E-state index in [0.717, 1.165) is 29.0 Å². The number of amides is 2. The number of alkyl halides is 2. The predicted octanol–water partition coefficient (Wildman–Crippen LogP) is 7.01. The van der Waals surface area contributed by atoms with Gasteiger partial charge in [0.25, 0.3) is 18.2 Å². The fraction of sp³-hybridized carbons (Fsp3) is 0.303. The third kappa shape index (κ3) is 6.74. The number of aliphatic hydroxyl groups excluding tert-OH is 1. The number of likely N-dealkylation sites (tertiary alicyclic amines) is 1. The van der Waals surface area contributed by atoms with Gasteiger partial charge in [0.2, 0.25) is 0 Å². The van der Waals surface area contributed by atoms with Gasteiger partial charge in [0.05, 0.1) is 17.2 Å². The molecule has 0 saturated carbocycles. The first-order valence-corrected chi connectivity index (χ1v) is 15.0. The van der Waals surface area contributed by atoms with E-state index in [4.69, 9.17) is 0 Å². The first-order chi connectivity index (χ1) is 20.3. The first-order valence-electron chi connectivity index (χ1n) is 14.1. The molecule has 2 amide bonds. The van der Waals surface area contributed by atoms with Crippen LogP contribution in [0, 0.1) is 0 Å². The molecule has 6 nitrogen and oxygen atoms in total. The summed E-state index contributed by atoms with van der Waals surface area (Å²) < 4.78 is 26.1. The molecule has 42 heavy (non-hydrogen) atoms. The summed E-state index contributed by atoms with van der Waals surface area (Å²) in [6, 6.07) is 22.0. The second-order valence-corrected chi connectivity index (χ2v) is 11.5. The Morgan fingerprint density at radius 1 is 0.952 bits per heavy atom. The second kappa shape index (κ2) is 13.4. The zero-order valence-corrected chi connectivity index (χ0v) is 24.1. The van der Waals surface area contributed by atoms with Gasteiger partial charge in [-0.2, -0.15) is 0 Å². The van der Waals surface area contributed by atoms with Crippen LogP contribution in [0.5, 0.6) is 0 Å². The van der Waals surface area contributed by atoms with E-state index >= 15 is 0 Å². The minimum atomic E-state index is -2.54. The molecule has 1 fully saturated rings. The van der Waals surface area contributed by atoms with Crippen LogP contribution >= 0.6 is 11.3 Å². The van der Waals surface area contributed by atoms with Gasteiger partial charge in [0, 0.05) is 35.5 Å². The Hall–Kier alpha value is -3.95. The van der Waals surface area contributed by atoms with Crippen LogP contribution in [0.25, 0.3) is 11.1 Å². The highest BCUT2D eigenvalue weighted by molar-refractivity contribution is 7.09. The highest BCUT2D eigenvalue weighted by Gasteiger charge is 2.27. The average molecular weight is 590 g/mol. The zero-order valence-electron chi connectivity index (χ0n) is 23.3. The highest BCUT2D eigenvalue weighted by atomic mass is 32.1. The lowest BCUT2D eigenvalue weighted by Crippen LogP contribution is -2.37. The van der Waals surface area contributed by atoms with Crippen LogP contribution in [0.2, 0.25) is 0 Å². The number of hydrogen-bond donors (Lipinski definition) is 2. The molecule has 218 valence electrons. The van der Waals surface area contributed by atoms with Crippen molar-refractivity contribution in [3.63, 3.8) is 0 Å². The lowest BCUT2D eigenvalue weighted by atomic mass is 9.97. The largest absolute Gasteiger partial charge is 0.386 e. The first kappa shape index (κ1) is 29.5. The van der Waals surface area contributed by atoms with E-state index in [9.17, 15) is 23.5 Å². The SMILES string of the molecule is CC(NC(=O)c1csc(C2CCCN(C(=O)c3ccccc3-c3ccc(C(F)F)cc3)CC2)n1)C(O)c1ccccc1. The monoisotopic (exact) mass is 589 g/mol. The number of benzene rings is 3. The van der Waals surface area contributed by atoms with Crippen molar-refractivity contribution in [2.24, 2.45) is 0 Å². The molecule has 3 unspecified atom stereocenters. The van der Waals surface area contributed by atoms with Gasteiger partial charge in [-0.15, -0.1) is 11.3 Å². The third-order valence-electron chi connectivity index (χ3n) is 7.72. The van der Waals surface area contributed by atoms with E-state index in [2.05, 4.69) is 10.3 Å². The smallest absolute Gasteiger partial charge is 0.271 e. The van der Waals surface area contributed by atoms with Crippen molar-refractivity contribution in [1.29, 1.82) is 0 Å². The Bertz CT molecular complexity index is 1510. The minimum Gasteiger partial charge on any atom is -0.386 e. The summed E-state index contributed by atoms with van der Waals surface area (Å²) in [6.45, 7) is 2.90. The van der Waals surface area contributed by atoms with Gasteiger partial charge in [-0.25, -0.2) is 13.8 Å². The van der Waals surface area contributed by atoms with Crippen molar-refractivity contribution in [2.45, 2.75) is 50.7 Å². The van der Waals surface area contributed by atoms with Crippen LogP contribution < -0.4 is 5.32 Å². The van der Waals surface area contributed by atoms with Crippen LogP contribution in [-0.2, 0) is 0 Å². The van der Waals surface area contributed by atoms with Crippen molar-refractivity contribution >= 4 is 23.2 Å². The standard InChI is InChI=1S/C33H33F2N3O3S/c1-21(29(39)23-8-3-2-4-9-23)36-31(40)28-20-42-32(37-28)25-10-7-18-38(19-17-25)33(41)27-12-6-5-11-26(27)22-13-15-24(16-14-22)30(34)35/h2-6,8-9,11-16,20-21,25,29-30,39H,7,10,17-19H2,1H3,(H,36,40). The number of nitrogens with zero attached hydrogens (tertiary/aromatic N) is 2. The van der Waals surface area contributed by atoms with Crippen molar-refractivity contribution < 1.29 is 23.5 Å². The quantitative estimate of drug-likeness (QED) is 0.232. The van der Waals surface area contributed by atoms with E-state index in [-0.39, 0.29) is 23.3 Å². The van der Waals surface area contributed by atoms with Crippen molar-refractivity contribution in [2.75, 3.05) is 13.1 Å². The fourth-order valence-corrected chi connectivity index (χ4v) is 6.30. The zero-order chi connectivity index (χ0) is 29.6. The summed E-state index contributed by atoms with van der Waals surface area (Å²) in [6.07, 6.45) is -1.02. The summed E-state index contributed by atoms with van der Waals surface area (Å²) in [5.74, 6) is -0.295. The average Bonchev–Trinajstić information content (AvgIpc) is 3.39. The molecule has 5 rings (SSSR count). The summed E-state index contributed by atoms with van der Waals surface area (Å²) >= 11 is 1.44. The molecule has 0 bridgehead atoms. The summed E-state index contributed by atoms with van der Waals surface area (Å²) in [7, 11) is 0. The minimum absolute atomic E-state index is 0.0526. The molecule has 9 heteroatoms. The Morgan fingerprint density at radius 2 is 1.67 bits per heavy atom. The molecule has 1 saturated heterocycles. The number of hydrogen-bond acceptors (Lipinski definition) is 5. The topological polar surface area (TPSA) is 82.5 Å². The van der Waals surface area contributed by atoms with Gasteiger partial charge in [-0.3, -0.25) is 9.59 Å². The van der Waals surface area contributed by atoms with Gasteiger partial charge < -0.3 is 15.3 Å². The summed E-state index contributed by atoms with van der Waals surface area (Å²) in [5, 5.41) is 16.1. The molecule has 2 heterocycles. The number of halogens is 2. The van der Waals surface area contributed by atoms with E-state index in [1.807, 2.05) is 53.4 Å². The van der Waals surface area contributed by atoms with E-state index in [0.29, 0.717) is 36.3 Å². The number of carbonyl (C=O) groups is 2. The van der Waals surface area contributed by atoms with E-state index in [1.165, 1.54) is 23.5 Å². The van der Waals surface area contributed by atoms with Crippen molar-refractivity contribution in [1.82, 2.24) is 15.2 Å². The lowest BCUT2D eigenvalue weighted by molar-refractivity contribution is 0.0761. The fourth-order valence-electron chi connectivity index (χ4n) is 5.32. The van der Waals surface area contributed by atoms with E-state index < -0.39 is 18.6 Å². The van der Waals surface area contributed by atoms with Gasteiger partial charge in [-0.1, -0.05) is 72.8 Å². The predicted molar refractivity (Wildman–Crippen MR) is 160 cm³/mol. The maximum Gasteiger partial charge on any atom is 0.271 e. The molecule has 4 aromatic rings. The Labute approximate surface area is 248 Å². The Balaban J connectivity index is 1.22. The molecule has 0 radical (unpaired) electrons. The number of aromatic nitrogens is 1. The summed E-state index contributed by atoms with van der Waals surface area (Å²) in [4.78, 5) is 33.0.